The third-order valence-electron chi connectivity index (χ3n) is 5.00. The summed E-state index contributed by atoms with van der Waals surface area (Å²) < 4.78 is 15.1. The molecule has 3 heterocycles. The van der Waals surface area contributed by atoms with Crippen LogP contribution in [0.2, 0.25) is 0 Å². The number of aromatic nitrogens is 4. The van der Waals surface area contributed by atoms with Crippen molar-refractivity contribution in [2.45, 2.75) is 19.4 Å². The van der Waals surface area contributed by atoms with Gasteiger partial charge in [0.05, 0.1) is 0 Å². The number of carbonyl (C=O) groups is 2. The molecule has 9 heteroatoms. The molecule has 0 bridgehead atoms. The Bertz CT molecular complexity index is 984. The number of halogens is 1. The van der Waals surface area contributed by atoms with E-state index in [4.69, 9.17) is 0 Å². The lowest BCUT2D eigenvalue weighted by Gasteiger charge is -2.22. The van der Waals surface area contributed by atoms with Gasteiger partial charge in [-0.2, -0.15) is 0 Å². The maximum absolute atomic E-state index is 13.4. The van der Waals surface area contributed by atoms with E-state index in [0.29, 0.717) is 50.2 Å². The summed E-state index contributed by atoms with van der Waals surface area (Å²) in [5, 5.41) is 8.12. The highest BCUT2D eigenvalue weighted by Gasteiger charge is 2.23. The quantitative estimate of drug-likeness (QED) is 0.741. The van der Waals surface area contributed by atoms with E-state index in [0.717, 1.165) is 11.9 Å². The Kier molecular flexibility index (Phi) is 5.05. The zero-order valence-electron chi connectivity index (χ0n) is 15.3. The number of aryl methyl sites for hydroxylation is 1. The van der Waals surface area contributed by atoms with Crippen LogP contribution in [0.3, 0.4) is 0 Å². The van der Waals surface area contributed by atoms with E-state index >= 15 is 0 Å². The van der Waals surface area contributed by atoms with Crippen LogP contribution in [0.25, 0.3) is 10.9 Å². The van der Waals surface area contributed by atoms with Gasteiger partial charge in [0.1, 0.15) is 24.2 Å². The molecule has 0 aliphatic carbocycles. The molecule has 4 rings (SSSR count). The molecular formula is C19H21FN6O2. The first-order chi connectivity index (χ1) is 13.6. The SMILES string of the molecule is O=C(CCn1cnnc1)N1CCCN(C(=O)c2cc3cc(F)ccc3[nH]2)CC1. The zero-order chi connectivity index (χ0) is 19.5. The highest BCUT2D eigenvalue weighted by atomic mass is 19.1. The lowest BCUT2D eigenvalue weighted by Crippen LogP contribution is -2.37. The second-order valence-corrected chi connectivity index (χ2v) is 6.89. The Morgan fingerprint density at radius 1 is 1.04 bits per heavy atom. The summed E-state index contributed by atoms with van der Waals surface area (Å²) in [4.78, 5) is 31.9. The third kappa shape index (κ3) is 3.88. The van der Waals surface area contributed by atoms with Gasteiger partial charge in [0.15, 0.2) is 0 Å². The van der Waals surface area contributed by atoms with Crippen molar-refractivity contribution in [2.75, 3.05) is 26.2 Å². The van der Waals surface area contributed by atoms with Gasteiger partial charge in [0.2, 0.25) is 5.91 Å². The number of hydrogen-bond acceptors (Lipinski definition) is 4. The number of carbonyl (C=O) groups excluding carboxylic acids is 2. The summed E-state index contributed by atoms with van der Waals surface area (Å²) in [5.74, 6) is -0.402. The number of H-pyrrole nitrogens is 1. The van der Waals surface area contributed by atoms with Crippen molar-refractivity contribution in [1.82, 2.24) is 29.5 Å². The predicted molar refractivity (Wildman–Crippen MR) is 100.0 cm³/mol. The van der Waals surface area contributed by atoms with Gasteiger partial charge >= 0.3 is 0 Å². The maximum Gasteiger partial charge on any atom is 0.270 e. The number of aromatic amines is 1. The van der Waals surface area contributed by atoms with Crippen LogP contribution in [0.15, 0.2) is 36.9 Å². The molecule has 8 nitrogen and oxygen atoms in total. The second-order valence-electron chi connectivity index (χ2n) is 6.89. The van der Waals surface area contributed by atoms with Gasteiger partial charge in [-0.1, -0.05) is 0 Å². The van der Waals surface area contributed by atoms with Crippen molar-refractivity contribution in [3.63, 3.8) is 0 Å². The standard InChI is InChI=1S/C19H21FN6O2/c20-15-2-3-16-14(10-15)11-17(23-16)19(28)26-6-1-5-25(8-9-26)18(27)4-7-24-12-21-22-13-24/h2-3,10-13,23H,1,4-9H2. The van der Waals surface area contributed by atoms with E-state index in [1.807, 2.05) is 0 Å². The molecule has 1 aliphatic rings. The Hall–Kier alpha value is -3.23. The minimum Gasteiger partial charge on any atom is -0.351 e. The Morgan fingerprint density at radius 2 is 1.79 bits per heavy atom. The number of benzene rings is 1. The van der Waals surface area contributed by atoms with Crippen LogP contribution in [0.4, 0.5) is 4.39 Å². The summed E-state index contributed by atoms with van der Waals surface area (Å²) in [6, 6.07) is 6.07. The summed E-state index contributed by atoms with van der Waals surface area (Å²) in [6.45, 7) is 2.72. The molecule has 28 heavy (non-hydrogen) atoms. The van der Waals surface area contributed by atoms with Crippen LogP contribution in [0, 0.1) is 5.82 Å². The third-order valence-corrected chi connectivity index (χ3v) is 5.00. The van der Waals surface area contributed by atoms with E-state index in [2.05, 4.69) is 15.2 Å². The van der Waals surface area contributed by atoms with Crippen molar-refractivity contribution >= 4 is 22.7 Å². The van der Waals surface area contributed by atoms with Crippen LogP contribution in [-0.4, -0.2) is 67.5 Å². The van der Waals surface area contributed by atoms with Crippen LogP contribution in [0.5, 0.6) is 0 Å². The topological polar surface area (TPSA) is 87.1 Å². The molecule has 0 radical (unpaired) electrons. The highest BCUT2D eigenvalue weighted by Crippen LogP contribution is 2.18. The molecule has 0 atom stereocenters. The number of hydrogen-bond donors (Lipinski definition) is 1. The van der Waals surface area contributed by atoms with Crippen molar-refractivity contribution < 1.29 is 14.0 Å². The van der Waals surface area contributed by atoms with Crippen molar-refractivity contribution in [3.8, 4) is 0 Å². The molecular weight excluding hydrogens is 363 g/mol. The molecule has 3 aromatic rings. The van der Waals surface area contributed by atoms with E-state index < -0.39 is 0 Å². The van der Waals surface area contributed by atoms with Crippen molar-refractivity contribution in [3.05, 3.63) is 48.4 Å². The normalized spacial score (nSPS) is 15.0. The molecule has 1 fully saturated rings. The summed E-state index contributed by atoms with van der Waals surface area (Å²) in [7, 11) is 0. The van der Waals surface area contributed by atoms with Gasteiger partial charge in [-0.3, -0.25) is 9.59 Å². The summed E-state index contributed by atoms with van der Waals surface area (Å²) in [5.41, 5.74) is 1.17. The minimum absolute atomic E-state index is 0.0593. The molecule has 0 spiro atoms. The lowest BCUT2D eigenvalue weighted by atomic mass is 10.2. The number of nitrogens with one attached hydrogen (secondary N) is 1. The zero-order valence-corrected chi connectivity index (χ0v) is 15.3. The number of nitrogens with zero attached hydrogens (tertiary/aromatic N) is 5. The number of rotatable bonds is 4. The molecule has 1 aliphatic heterocycles. The first-order valence-electron chi connectivity index (χ1n) is 9.28. The maximum atomic E-state index is 13.4. The molecule has 1 aromatic carbocycles. The van der Waals surface area contributed by atoms with Gasteiger partial charge in [-0.15, -0.1) is 10.2 Å². The fraction of sp³-hybridized carbons (Fsp3) is 0.368. The predicted octanol–water partition coefficient (Wildman–Crippen LogP) is 1.66. The van der Waals surface area contributed by atoms with Crippen molar-refractivity contribution in [2.24, 2.45) is 0 Å². The molecule has 2 aromatic heterocycles. The van der Waals surface area contributed by atoms with Crippen LogP contribution >= 0.6 is 0 Å². The molecule has 1 N–H and O–H groups in total. The van der Waals surface area contributed by atoms with Crippen molar-refractivity contribution in [1.29, 1.82) is 0 Å². The largest absolute Gasteiger partial charge is 0.351 e. The van der Waals surface area contributed by atoms with Gasteiger partial charge in [0, 0.05) is 50.0 Å². The van der Waals surface area contributed by atoms with E-state index in [9.17, 15) is 14.0 Å². The minimum atomic E-state index is -0.333. The van der Waals surface area contributed by atoms with Gasteiger partial charge in [-0.05, 0) is 30.7 Å². The van der Waals surface area contributed by atoms with E-state index in [1.165, 1.54) is 12.1 Å². The Balaban J connectivity index is 1.37. The second kappa shape index (κ2) is 7.79. The lowest BCUT2D eigenvalue weighted by molar-refractivity contribution is -0.131. The average Bonchev–Trinajstić information content (AvgIpc) is 3.29. The first kappa shape index (κ1) is 18.1. The van der Waals surface area contributed by atoms with Gasteiger partial charge < -0.3 is 19.4 Å². The first-order valence-corrected chi connectivity index (χ1v) is 9.28. The van der Waals surface area contributed by atoms with E-state index in [-0.39, 0.29) is 17.6 Å². The molecule has 1 saturated heterocycles. The van der Waals surface area contributed by atoms with Gasteiger partial charge in [0.25, 0.3) is 5.91 Å². The summed E-state index contributed by atoms with van der Waals surface area (Å²) >= 11 is 0. The fourth-order valence-corrected chi connectivity index (χ4v) is 3.48. The van der Waals surface area contributed by atoms with Crippen LogP contribution in [0.1, 0.15) is 23.3 Å². The smallest absolute Gasteiger partial charge is 0.270 e. The van der Waals surface area contributed by atoms with Crippen LogP contribution in [-0.2, 0) is 11.3 Å². The number of amides is 2. The van der Waals surface area contributed by atoms with E-state index in [1.54, 1.807) is 39.2 Å². The fourth-order valence-electron chi connectivity index (χ4n) is 3.48. The van der Waals surface area contributed by atoms with Gasteiger partial charge in [-0.25, -0.2) is 4.39 Å². The monoisotopic (exact) mass is 384 g/mol. The number of fused-ring (bicyclic) bond motifs is 1. The Labute approximate surface area is 160 Å². The molecule has 2 amide bonds. The summed E-state index contributed by atoms with van der Waals surface area (Å²) in [6.07, 6.45) is 4.27. The molecule has 0 unspecified atom stereocenters. The molecule has 0 saturated carbocycles. The molecule has 146 valence electrons. The Morgan fingerprint density at radius 3 is 2.61 bits per heavy atom. The highest BCUT2D eigenvalue weighted by molar-refractivity contribution is 5.98. The van der Waals surface area contributed by atoms with Crippen LogP contribution < -0.4 is 0 Å². The average molecular weight is 384 g/mol.